The molecule has 1 aromatic carbocycles. The standard InChI is InChI=1S/C31H49NO5/c1-5-8-11-13-15-17-21-32-28-24-26(35-23-18-16-14-12-9-6-2)19-20-27(28)29(36-22-10-7-3)30(31(32)34)37-25(4)33/h19-20,24H,5-18,21-23H2,1-4H3. The molecule has 0 radical (unpaired) electrons. The Morgan fingerprint density at radius 3 is 1.97 bits per heavy atom. The van der Waals surface area contributed by atoms with Crippen LogP contribution in [0, 0.1) is 0 Å². The molecule has 1 heterocycles. The second-order valence-electron chi connectivity index (χ2n) is 9.97. The van der Waals surface area contributed by atoms with Gasteiger partial charge in [0.25, 0.3) is 5.56 Å². The highest BCUT2D eigenvalue weighted by Crippen LogP contribution is 2.35. The largest absolute Gasteiger partial charge is 0.494 e. The molecule has 0 unspecified atom stereocenters. The van der Waals surface area contributed by atoms with Crippen molar-refractivity contribution in [3.63, 3.8) is 0 Å². The number of carbonyl (C=O) groups is 1. The van der Waals surface area contributed by atoms with Crippen LogP contribution in [0.15, 0.2) is 23.0 Å². The number of ether oxygens (including phenoxy) is 3. The van der Waals surface area contributed by atoms with Crippen LogP contribution in [0.1, 0.15) is 118 Å². The third kappa shape index (κ3) is 10.4. The summed E-state index contributed by atoms with van der Waals surface area (Å²) in [4.78, 5) is 25.5. The number of fused-ring (bicyclic) bond motifs is 1. The van der Waals surface area contributed by atoms with Crippen molar-refractivity contribution in [2.24, 2.45) is 0 Å². The Kier molecular flexibility index (Phi) is 14.8. The van der Waals surface area contributed by atoms with Gasteiger partial charge in [-0.05, 0) is 31.4 Å². The molecule has 2 rings (SSSR count). The van der Waals surface area contributed by atoms with Crippen LogP contribution in [0.3, 0.4) is 0 Å². The minimum atomic E-state index is -0.526. The van der Waals surface area contributed by atoms with E-state index in [4.69, 9.17) is 14.2 Å². The third-order valence-electron chi connectivity index (χ3n) is 6.64. The zero-order valence-electron chi connectivity index (χ0n) is 23.7. The summed E-state index contributed by atoms with van der Waals surface area (Å²) in [5.41, 5.74) is 0.442. The maximum atomic E-state index is 13.6. The summed E-state index contributed by atoms with van der Waals surface area (Å²) in [5, 5.41) is 0.768. The van der Waals surface area contributed by atoms with E-state index in [1.807, 2.05) is 18.2 Å². The first-order valence-corrected chi connectivity index (χ1v) is 14.7. The first-order chi connectivity index (χ1) is 18.0. The summed E-state index contributed by atoms with van der Waals surface area (Å²) < 4.78 is 19.3. The van der Waals surface area contributed by atoms with Crippen LogP contribution >= 0.6 is 0 Å². The summed E-state index contributed by atoms with van der Waals surface area (Å²) in [6.07, 6.45) is 15.8. The topological polar surface area (TPSA) is 66.8 Å². The van der Waals surface area contributed by atoms with Gasteiger partial charge < -0.3 is 18.8 Å². The number of carbonyl (C=O) groups excluding carboxylic acids is 1. The Labute approximate surface area is 223 Å². The van der Waals surface area contributed by atoms with Crippen molar-refractivity contribution in [2.45, 2.75) is 124 Å². The van der Waals surface area contributed by atoms with E-state index in [-0.39, 0.29) is 11.3 Å². The molecule has 0 saturated carbocycles. The lowest BCUT2D eigenvalue weighted by Gasteiger charge is -2.18. The lowest BCUT2D eigenvalue weighted by molar-refractivity contribution is -0.132. The van der Waals surface area contributed by atoms with Gasteiger partial charge in [0.2, 0.25) is 5.75 Å². The van der Waals surface area contributed by atoms with Gasteiger partial charge in [-0.2, -0.15) is 0 Å². The maximum Gasteiger partial charge on any atom is 0.308 e. The second-order valence-corrected chi connectivity index (χ2v) is 9.97. The van der Waals surface area contributed by atoms with Crippen molar-refractivity contribution in [2.75, 3.05) is 13.2 Å². The van der Waals surface area contributed by atoms with Gasteiger partial charge in [-0.3, -0.25) is 9.59 Å². The molecule has 1 aromatic heterocycles. The van der Waals surface area contributed by atoms with Gasteiger partial charge in [0, 0.05) is 24.9 Å². The molecule has 0 N–H and O–H groups in total. The molecular weight excluding hydrogens is 466 g/mol. The SMILES string of the molecule is CCCCCCCCOc1ccc2c(OCCCC)c(OC(C)=O)c(=O)n(CCCCCCCC)c2c1. The first-order valence-electron chi connectivity index (χ1n) is 14.7. The summed E-state index contributed by atoms with van der Waals surface area (Å²) >= 11 is 0. The number of esters is 1. The quantitative estimate of drug-likeness (QED) is 0.131. The molecule has 37 heavy (non-hydrogen) atoms. The van der Waals surface area contributed by atoms with E-state index < -0.39 is 5.97 Å². The van der Waals surface area contributed by atoms with E-state index in [0.717, 1.165) is 61.6 Å². The molecular formula is C31H49NO5. The molecule has 2 aromatic rings. The van der Waals surface area contributed by atoms with Crippen LogP contribution in [0.25, 0.3) is 10.9 Å². The van der Waals surface area contributed by atoms with Crippen molar-refractivity contribution < 1.29 is 19.0 Å². The first kappa shape index (κ1) is 30.7. The maximum absolute atomic E-state index is 13.6. The van der Waals surface area contributed by atoms with Crippen molar-refractivity contribution in [3.05, 3.63) is 28.6 Å². The zero-order chi connectivity index (χ0) is 26.9. The van der Waals surface area contributed by atoms with Gasteiger partial charge in [-0.15, -0.1) is 0 Å². The molecule has 0 amide bonds. The molecule has 6 nitrogen and oxygen atoms in total. The van der Waals surface area contributed by atoms with Gasteiger partial charge in [-0.1, -0.05) is 91.4 Å². The Bertz CT molecular complexity index is 997. The summed E-state index contributed by atoms with van der Waals surface area (Å²) in [7, 11) is 0. The van der Waals surface area contributed by atoms with Crippen molar-refractivity contribution in [1.29, 1.82) is 0 Å². The average Bonchev–Trinajstić information content (AvgIpc) is 2.88. The van der Waals surface area contributed by atoms with Crippen molar-refractivity contribution >= 4 is 16.9 Å². The van der Waals surface area contributed by atoms with Crippen LogP contribution < -0.4 is 19.8 Å². The highest BCUT2D eigenvalue weighted by Gasteiger charge is 2.21. The number of hydrogen-bond acceptors (Lipinski definition) is 5. The van der Waals surface area contributed by atoms with Gasteiger partial charge in [0.1, 0.15) is 5.75 Å². The molecule has 0 aliphatic carbocycles. The normalized spacial score (nSPS) is 11.1. The number of unbranched alkanes of at least 4 members (excludes halogenated alkanes) is 11. The molecule has 0 saturated heterocycles. The molecule has 0 atom stereocenters. The summed E-state index contributed by atoms with van der Waals surface area (Å²) in [6, 6.07) is 5.79. The number of aromatic nitrogens is 1. The highest BCUT2D eigenvalue weighted by atomic mass is 16.6. The number of aryl methyl sites for hydroxylation is 1. The van der Waals surface area contributed by atoms with E-state index in [0.29, 0.717) is 25.5 Å². The van der Waals surface area contributed by atoms with Crippen LogP contribution in [-0.4, -0.2) is 23.8 Å². The molecule has 6 heteroatoms. The predicted molar refractivity (Wildman–Crippen MR) is 152 cm³/mol. The smallest absolute Gasteiger partial charge is 0.308 e. The van der Waals surface area contributed by atoms with Crippen LogP contribution in [-0.2, 0) is 11.3 Å². The number of benzene rings is 1. The molecule has 0 spiro atoms. The van der Waals surface area contributed by atoms with Crippen molar-refractivity contribution in [3.8, 4) is 17.2 Å². The van der Waals surface area contributed by atoms with E-state index in [2.05, 4.69) is 20.8 Å². The van der Waals surface area contributed by atoms with E-state index in [1.165, 1.54) is 51.9 Å². The fourth-order valence-electron chi connectivity index (χ4n) is 4.51. The number of pyridine rings is 1. The minimum Gasteiger partial charge on any atom is -0.494 e. The van der Waals surface area contributed by atoms with Crippen LogP contribution in [0.2, 0.25) is 0 Å². The Balaban J connectivity index is 2.33. The van der Waals surface area contributed by atoms with E-state index in [1.54, 1.807) is 4.57 Å². The monoisotopic (exact) mass is 515 g/mol. The van der Waals surface area contributed by atoms with Crippen LogP contribution in [0.4, 0.5) is 0 Å². The van der Waals surface area contributed by atoms with E-state index in [9.17, 15) is 9.59 Å². The number of nitrogens with zero attached hydrogens (tertiary/aromatic N) is 1. The third-order valence-corrected chi connectivity index (χ3v) is 6.64. The molecule has 0 aliphatic heterocycles. The Morgan fingerprint density at radius 2 is 1.32 bits per heavy atom. The molecule has 0 bridgehead atoms. The molecule has 0 fully saturated rings. The van der Waals surface area contributed by atoms with Gasteiger partial charge in [0.05, 0.1) is 18.7 Å². The Hall–Kier alpha value is -2.50. The van der Waals surface area contributed by atoms with Gasteiger partial charge in [-0.25, -0.2) is 0 Å². The molecule has 0 aliphatic rings. The fourth-order valence-corrected chi connectivity index (χ4v) is 4.51. The van der Waals surface area contributed by atoms with Gasteiger partial charge in [0.15, 0.2) is 5.75 Å². The van der Waals surface area contributed by atoms with Crippen LogP contribution in [0.5, 0.6) is 17.2 Å². The minimum absolute atomic E-state index is 0.0113. The highest BCUT2D eigenvalue weighted by molar-refractivity contribution is 5.90. The number of hydrogen-bond donors (Lipinski definition) is 0. The summed E-state index contributed by atoms with van der Waals surface area (Å²) in [5.74, 6) is 0.562. The Morgan fingerprint density at radius 1 is 0.730 bits per heavy atom. The lowest BCUT2D eigenvalue weighted by Crippen LogP contribution is -2.25. The predicted octanol–water partition coefficient (Wildman–Crippen LogP) is 8.21. The molecule has 208 valence electrons. The van der Waals surface area contributed by atoms with E-state index >= 15 is 0 Å². The average molecular weight is 516 g/mol. The number of rotatable bonds is 20. The lowest BCUT2D eigenvalue weighted by atomic mass is 10.1. The summed E-state index contributed by atoms with van der Waals surface area (Å²) in [6.45, 7) is 9.51. The van der Waals surface area contributed by atoms with Gasteiger partial charge >= 0.3 is 5.97 Å². The fraction of sp³-hybridized carbons (Fsp3) is 0.677. The van der Waals surface area contributed by atoms with Crippen molar-refractivity contribution in [1.82, 2.24) is 4.57 Å². The second kappa shape index (κ2) is 17.9. The zero-order valence-corrected chi connectivity index (χ0v) is 23.7.